The first-order valence-electron chi connectivity index (χ1n) is 23.0. The molecule has 7 heteroatoms. The molecule has 0 unspecified atom stereocenters. The quantitative estimate of drug-likeness (QED) is 0.166. The average molecular weight is 855 g/mol. The molecule has 310 valence electrons. The number of fused-ring (bicyclic) bond motifs is 11. The zero-order chi connectivity index (χ0) is 44.1. The van der Waals surface area contributed by atoms with Crippen molar-refractivity contribution in [3.63, 3.8) is 0 Å². The number of furan rings is 2. The summed E-state index contributed by atoms with van der Waals surface area (Å²) in [6.45, 7) is 1.60. The number of carbonyl (C=O) groups is 1. The van der Waals surface area contributed by atoms with Crippen molar-refractivity contribution in [1.82, 2.24) is 0 Å². The minimum absolute atomic E-state index is 0.135. The molecular formula is C60H36B2N2O3. The van der Waals surface area contributed by atoms with Gasteiger partial charge < -0.3 is 8.83 Å². The highest BCUT2D eigenvalue weighted by Gasteiger charge is 2.51. The maximum Gasteiger partial charge on any atom is 0.338 e. The second-order valence-electron chi connectivity index (χ2n) is 18.2. The number of nitrogens with zero attached hydrogens (tertiary/aromatic N) is 2. The number of para-hydroxylation sites is 3. The lowest BCUT2D eigenvalue weighted by Gasteiger charge is -2.46. The van der Waals surface area contributed by atoms with Gasteiger partial charge in [-0.2, -0.15) is 0 Å². The largest absolute Gasteiger partial charge is 0.468 e. The van der Waals surface area contributed by atoms with E-state index in [1.165, 1.54) is 5.46 Å². The third-order valence-corrected chi connectivity index (χ3v) is 14.8. The van der Waals surface area contributed by atoms with Gasteiger partial charge in [0.1, 0.15) is 16.7 Å². The summed E-state index contributed by atoms with van der Waals surface area (Å²) < 4.78 is 14.0. The first kappa shape index (κ1) is 36.8. The van der Waals surface area contributed by atoms with Crippen molar-refractivity contribution in [3.05, 3.63) is 206 Å². The van der Waals surface area contributed by atoms with Crippen molar-refractivity contribution < 1.29 is 13.6 Å². The molecule has 0 spiro atoms. The number of urea groups is 1. The van der Waals surface area contributed by atoms with Crippen molar-refractivity contribution in [2.45, 2.75) is 6.92 Å². The molecule has 0 fully saturated rings. The summed E-state index contributed by atoms with van der Waals surface area (Å²) in [6, 6.07) is 70.7. The fourth-order valence-electron chi connectivity index (χ4n) is 12.1. The molecule has 2 amide bonds. The normalized spacial score (nSPS) is 13.7. The van der Waals surface area contributed by atoms with E-state index in [1.807, 2.05) is 34.1 Å². The molecule has 5 heterocycles. The van der Waals surface area contributed by atoms with Gasteiger partial charge in [-0.15, -0.1) is 0 Å². The number of anilines is 4. The van der Waals surface area contributed by atoms with Crippen molar-refractivity contribution in [2.75, 3.05) is 9.80 Å². The number of hydrogen-bond acceptors (Lipinski definition) is 3. The smallest absolute Gasteiger partial charge is 0.338 e. The highest BCUT2D eigenvalue weighted by Crippen LogP contribution is 2.50. The second kappa shape index (κ2) is 13.5. The molecule has 0 bridgehead atoms. The number of hydrogen-bond donors (Lipinski definition) is 0. The van der Waals surface area contributed by atoms with E-state index in [0.29, 0.717) is 0 Å². The van der Waals surface area contributed by atoms with Crippen molar-refractivity contribution >= 4 is 130 Å². The fraction of sp³-hybridized carbons (Fsp3) is 0.0167. The molecule has 0 aliphatic carbocycles. The number of amides is 2. The Hall–Kier alpha value is -8.54. The van der Waals surface area contributed by atoms with Gasteiger partial charge in [-0.3, -0.25) is 9.80 Å². The lowest BCUT2D eigenvalue weighted by molar-refractivity contribution is 0.255. The molecule has 0 N–H and O–H groups in total. The van der Waals surface area contributed by atoms with Gasteiger partial charge >= 0.3 is 6.03 Å². The van der Waals surface area contributed by atoms with E-state index in [0.717, 1.165) is 133 Å². The maximum absolute atomic E-state index is 16.6. The van der Waals surface area contributed by atoms with E-state index in [-0.39, 0.29) is 19.5 Å². The van der Waals surface area contributed by atoms with Crippen molar-refractivity contribution in [2.24, 2.45) is 0 Å². The number of aryl methyl sites for hydroxylation is 1. The first-order chi connectivity index (χ1) is 33.1. The van der Waals surface area contributed by atoms with Gasteiger partial charge in [0, 0.05) is 27.2 Å². The third kappa shape index (κ3) is 4.87. The Kier molecular flexibility index (Phi) is 7.41. The number of benzene rings is 10. The lowest BCUT2D eigenvalue weighted by atomic mass is 9.33. The van der Waals surface area contributed by atoms with Gasteiger partial charge in [0.2, 0.25) is 0 Å². The molecule has 12 aromatic rings. The molecule has 0 atom stereocenters. The van der Waals surface area contributed by atoms with Crippen molar-refractivity contribution in [3.8, 4) is 22.3 Å². The average Bonchev–Trinajstić information content (AvgIpc) is 3.96. The summed E-state index contributed by atoms with van der Waals surface area (Å²) in [4.78, 5) is 20.6. The van der Waals surface area contributed by atoms with Crippen LogP contribution in [0.15, 0.2) is 209 Å². The SMILES string of the molecule is Cc1cccc(-c2ccccc2)c1B1c2ccc3ccc4c5c3c2N(C(=O)N5c2cc(-c3ccccc3)c3ccccc3c2B4c2cccc3c2oc2ccccc23)c2c1oc1ccccc21. The lowest BCUT2D eigenvalue weighted by Crippen LogP contribution is -2.64. The van der Waals surface area contributed by atoms with Gasteiger partial charge in [-0.05, 0) is 91.5 Å². The van der Waals surface area contributed by atoms with E-state index in [4.69, 9.17) is 8.83 Å². The van der Waals surface area contributed by atoms with Crippen LogP contribution in [0, 0.1) is 6.92 Å². The van der Waals surface area contributed by atoms with Gasteiger partial charge in [0.05, 0.1) is 22.7 Å². The summed E-state index contributed by atoms with van der Waals surface area (Å²) >= 11 is 0. The Labute approximate surface area is 386 Å². The van der Waals surface area contributed by atoms with Crippen LogP contribution in [0.4, 0.5) is 27.5 Å². The molecule has 5 nitrogen and oxygen atoms in total. The van der Waals surface area contributed by atoms with E-state index in [9.17, 15) is 0 Å². The molecule has 15 rings (SSSR count). The minimum Gasteiger partial charge on any atom is -0.468 e. The molecular weight excluding hydrogens is 818 g/mol. The van der Waals surface area contributed by atoms with E-state index >= 15 is 4.79 Å². The fourth-order valence-corrected chi connectivity index (χ4v) is 12.1. The molecule has 2 aromatic heterocycles. The predicted molar refractivity (Wildman–Crippen MR) is 279 cm³/mol. The highest BCUT2D eigenvalue weighted by molar-refractivity contribution is 7.01. The van der Waals surface area contributed by atoms with Gasteiger partial charge in [0.15, 0.2) is 0 Å². The number of carbonyl (C=O) groups excluding carboxylic acids is 1. The Balaban J connectivity index is 1.11. The predicted octanol–water partition coefficient (Wildman–Crippen LogP) is 11.4. The van der Waals surface area contributed by atoms with Crippen LogP contribution >= 0.6 is 0 Å². The van der Waals surface area contributed by atoms with Crippen LogP contribution in [0.2, 0.25) is 0 Å². The van der Waals surface area contributed by atoms with Crippen LogP contribution in [0.5, 0.6) is 0 Å². The first-order valence-corrected chi connectivity index (χ1v) is 23.0. The van der Waals surface area contributed by atoms with Crippen LogP contribution in [0.1, 0.15) is 5.56 Å². The van der Waals surface area contributed by atoms with Gasteiger partial charge in [0.25, 0.3) is 13.4 Å². The Morgan fingerprint density at radius 1 is 0.433 bits per heavy atom. The standard InChI is InChI=1S/C60H36B2N2O3/c1-35-16-14-25-39(36-17-4-2-5-18-36)53(35)62-47-33-31-38-30-32-46-56-52(38)57(47)64(55-44-24-11-13-29-51(44)67-59(55)62)60(65)63(56)49-34-45(37-19-6-3-7-20-37)40-21-8-9-23-42(40)54(49)61(46)48-27-15-26-43-41-22-10-12-28-50(41)66-58(43)48/h2-34H,1H3. The monoisotopic (exact) mass is 854 g/mol. The van der Waals surface area contributed by atoms with Crippen LogP contribution < -0.4 is 42.8 Å². The molecule has 10 aromatic carbocycles. The van der Waals surface area contributed by atoms with E-state index in [2.05, 4.69) is 183 Å². The highest BCUT2D eigenvalue weighted by atomic mass is 16.3. The maximum atomic E-state index is 16.6. The molecule has 0 radical (unpaired) electrons. The van der Waals surface area contributed by atoms with E-state index < -0.39 is 0 Å². The summed E-state index contributed by atoms with van der Waals surface area (Å²) in [5.41, 5.74) is 17.7. The number of rotatable bonds is 4. The Morgan fingerprint density at radius 3 is 1.79 bits per heavy atom. The Morgan fingerprint density at radius 2 is 1.03 bits per heavy atom. The van der Waals surface area contributed by atoms with Gasteiger partial charge in [-0.25, -0.2) is 4.79 Å². The molecule has 3 aliphatic heterocycles. The minimum atomic E-state index is -0.311. The van der Waals surface area contributed by atoms with Gasteiger partial charge in [-0.1, -0.05) is 187 Å². The molecule has 67 heavy (non-hydrogen) atoms. The Bertz CT molecular complexity index is 4120. The third-order valence-electron chi connectivity index (χ3n) is 14.8. The molecule has 0 saturated carbocycles. The zero-order valence-corrected chi connectivity index (χ0v) is 36.3. The van der Waals surface area contributed by atoms with Crippen molar-refractivity contribution in [1.29, 1.82) is 0 Å². The van der Waals surface area contributed by atoms with Crippen LogP contribution in [-0.2, 0) is 0 Å². The summed E-state index contributed by atoms with van der Waals surface area (Å²) in [5, 5.41) is 7.40. The summed E-state index contributed by atoms with van der Waals surface area (Å²) in [6.07, 6.45) is 0. The van der Waals surface area contributed by atoms with Crippen LogP contribution in [-0.4, -0.2) is 19.5 Å². The van der Waals surface area contributed by atoms with Crippen LogP contribution in [0.3, 0.4) is 0 Å². The summed E-state index contributed by atoms with van der Waals surface area (Å²) in [7, 11) is 0. The second-order valence-corrected chi connectivity index (χ2v) is 18.2. The molecule has 3 aliphatic rings. The molecule has 0 saturated heterocycles. The topological polar surface area (TPSA) is 49.8 Å². The van der Waals surface area contributed by atoms with E-state index in [1.54, 1.807) is 0 Å². The van der Waals surface area contributed by atoms with Crippen LogP contribution in [0.25, 0.3) is 76.7 Å². The summed E-state index contributed by atoms with van der Waals surface area (Å²) in [5.74, 6) is 0. The zero-order valence-electron chi connectivity index (χ0n) is 36.3.